The lowest BCUT2D eigenvalue weighted by molar-refractivity contribution is 0.517. The first-order valence-electron chi connectivity index (χ1n) is 9.42. The first-order chi connectivity index (χ1) is 10.7. The van der Waals surface area contributed by atoms with Crippen molar-refractivity contribution >= 4 is 12.4 Å². The Hall–Kier alpha value is -0.550. The van der Waals surface area contributed by atoms with E-state index in [1.54, 1.807) is 0 Å². The van der Waals surface area contributed by atoms with Crippen molar-refractivity contribution in [3.63, 3.8) is 0 Å². The van der Waals surface area contributed by atoms with E-state index in [1.165, 1.54) is 28.4 Å². The van der Waals surface area contributed by atoms with E-state index in [4.69, 9.17) is 0 Å². The van der Waals surface area contributed by atoms with Gasteiger partial charge in [0.1, 0.15) is 7.14 Å². The van der Waals surface area contributed by atoms with Crippen molar-refractivity contribution in [2.75, 3.05) is 12.3 Å². The van der Waals surface area contributed by atoms with Crippen molar-refractivity contribution in [3.8, 4) is 0 Å². The average molecular weight is 334 g/mol. The highest BCUT2D eigenvalue weighted by atomic mass is 31.2. The van der Waals surface area contributed by atoms with Crippen molar-refractivity contribution in [2.24, 2.45) is 5.92 Å². The zero-order valence-corrected chi connectivity index (χ0v) is 17.0. The van der Waals surface area contributed by atoms with Crippen LogP contribution < -0.4 is 5.30 Å². The first-order valence-corrected chi connectivity index (χ1v) is 11.5. The summed E-state index contributed by atoms with van der Waals surface area (Å²) in [6, 6.07) is 4.71. The van der Waals surface area contributed by atoms with Gasteiger partial charge in [-0.1, -0.05) is 60.6 Å². The fourth-order valence-corrected chi connectivity index (χ4v) is 8.03. The van der Waals surface area contributed by atoms with Gasteiger partial charge in [-0.3, -0.25) is 0 Å². The molecule has 0 aromatic heterocycles. The molecule has 1 saturated heterocycles. The molecule has 1 aliphatic rings. The maximum Gasteiger partial charge on any atom is 0.116 e. The van der Waals surface area contributed by atoms with Gasteiger partial charge in [-0.15, -0.1) is 0 Å². The highest BCUT2D eigenvalue weighted by Gasteiger charge is 2.35. The molecule has 0 amide bonds. The fraction of sp³-hybridized carbons (Fsp3) is 0.714. The Morgan fingerprint density at radius 1 is 0.957 bits per heavy atom. The highest BCUT2D eigenvalue weighted by Crippen LogP contribution is 2.54. The third-order valence-electron chi connectivity index (χ3n) is 5.33. The van der Waals surface area contributed by atoms with Gasteiger partial charge < -0.3 is 4.57 Å². The standard InChI is InChI=1S/C21H35OP/c1-14(2)18-11-19(15(3)4)21(20(12-18)16(5)6)23(22)10-8-9-17(7)13-23/h11-12,14-17H,8-10,13H2,1-7H3/t17-,23?/m0/s1. The van der Waals surface area contributed by atoms with Gasteiger partial charge in [-0.25, -0.2) is 0 Å². The van der Waals surface area contributed by atoms with Crippen LogP contribution in [0.1, 0.15) is 95.8 Å². The summed E-state index contributed by atoms with van der Waals surface area (Å²) in [4.78, 5) is 0. The summed E-state index contributed by atoms with van der Waals surface area (Å²) in [5, 5.41) is 1.26. The van der Waals surface area contributed by atoms with E-state index in [1.807, 2.05) is 0 Å². The zero-order chi connectivity index (χ0) is 17.4. The molecule has 0 N–H and O–H groups in total. The molecule has 0 bridgehead atoms. The summed E-state index contributed by atoms with van der Waals surface area (Å²) in [6.07, 6.45) is 4.19. The van der Waals surface area contributed by atoms with Gasteiger partial charge in [0, 0.05) is 17.6 Å². The van der Waals surface area contributed by atoms with Gasteiger partial charge in [-0.2, -0.15) is 0 Å². The Morgan fingerprint density at radius 3 is 1.87 bits per heavy atom. The minimum atomic E-state index is -2.26. The monoisotopic (exact) mass is 334 g/mol. The second kappa shape index (κ2) is 7.14. The summed E-state index contributed by atoms with van der Waals surface area (Å²) in [6.45, 7) is 15.8. The van der Waals surface area contributed by atoms with Gasteiger partial charge in [0.05, 0.1) is 0 Å². The molecule has 0 radical (unpaired) electrons. The molecule has 2 atom stereocenters. The number of rotatable bonds is 4. The van der Waals surface area contributed by atoms with Crippen LogP contribution in [0.5, 0.6) is 0 Å². The van der Waals surface area contributed by atoms with Gasteiger partial charge in [0.25, 0.3) is 0 Å². The molecule has 2 heteroatoms. The molecule has 0 spiro atoms. The van der Waals surface area contributed by atoms with Crippen LogP contribution in [0.15, 0.2) is 12.1 Å². The highest BCUT2D eigenvalue weighted by molar-refractivity contribution is 7.71. The second-order valence-electron chi connectivity index (χ2n) is 8.55. The third kappa shape index (κ3) is 3.93. The molecule has 2 rings (SSSR count). The lowest BCUT2D eigenvalue weighted by Crippen LogP contribution is -2.27. The summed E-state index contributed by atoms with van der Waals surface area (Å²) >= 11 is 0. The molecular formula is C21H35OP. The average Bonchev–Trinajstić information content (AvgIpc) is 2.45. The molecule has 1 fully saturated rings. The van der Waals surface area contributed by atoms with Crippen molar-refractivity contribution in [1.29, 1.82) is 0 Å². The molecule has 1 aromatic rings. The van der Waals surface area contributed by atoms with Crippen LogP contribution in [-0.2, 0) is 4.57 Å². The molecule has 1 heterocycles. The maximum absolute atomic E-state index is 14.0. The number of benzene rings is 1. The van der Waals surface area contributed by atoms with Crippen LogP contribution in [0, 0.1) is 5.92 Å². The molecular weight excluding hydrogens is 299 g/mol. The van der Waals surface area contributed by atoms with Crippen LogP contribution in [-0.4, -0.2) is 12.3 Å². The minimum absolute atomic E-state index is 0.434. The summed E-state index contributed by atoms with van der Waals surface area (Å²) in [5.74, 6) is 1.98. The Morgan fingerprint density at radius 2 is 1.48 bits per heavy atom. The Labute approximate surface area is 143 Å². The zero-order valence-electron chi connectivity index (χ0n) is 16.1. The lowest BCUT2D eigenvalue weighted by Gasteiger charge is -2.33. The van der Waals surface area contributed by atoms with Gasteiger partial charge in [0.2, 0.25) is 0 Å². The molecule has 130 valence electrons. The summed E-state index contributed by atoms with van der Waals surface area (Å²) in [5.41, 5.74) is 4.12. The molecule has 1 nitrogen and oxygen atoms in total. The van der Waals surface area contributed by atoms with E-state index in [0.29, 0.717) is 23.7 Å². The van der Waals surface area contributed by atoms with Gasteiger partial charge >= 0.3 is 0 Å². The summed E-state index contributed by atoms with van der Waals surface area (Å²) < 4.78 is 14.0. The van der Waals surface area contributed by atoms with E-state index < -0.39 is 7.14 Å². The van der Waals surface area contributed by atoms with Gasteiger partial charge in [0.15, 0.2) is 0 Å². The van der Waals surface area contributed by atoms with E-state index in [9.17, 15) is 4.57 Å². The Bertz CT molecular complexity index is 569. The lowest BCUT2D eigenvalue weighted by atomic mass is 9.89. The molecule has 23 heavy (non-hydrogen) atoms. The van der Waals surface area contributed by atoms with E-state index in [0.717, 1.165) is 18.7 Å². The van der Waals surface area contributed by atoms with Crippen LogP contribution in [0.4, 0.5) is 0 Å². The second-order valence-corrected chi connectivity index (χ2v) is 11.6. The van der Waals surface area contributed by atoms with Crippen LogP contribution in [0.3, 0.4) is 0 Å². The Kier molecular flexibility index (Phi) is 5.83. The van der Waals surface area contributed by atoms with Crippen molar-refractivity contribution in [2.45, 2.75) is 79.1 Å². The minimum Gasteiger partial charge on any atom is -0.319 e. The number of hydrogen-bond acceptors (Lipinski definition) is 1. The van der Waals surface area contributed by atoms with E-state index in [2.05, 4.69) is 60.6 Å². The smallest absolute Gasteiger partial charge is 0.116 e. The van der Waals surface area contributed by atoms with Gasteiger partial charge in [-0.05, 0) is 53.2 Å². The normalized spacial score (nSPS) is 25.6. The molecule has 1 aromatic carbocycles. The van der Waals surface area contributed by atoms with Crippen LogP contribution in [0.25, 0.3) is 0 Å². The predicted molar refractivity (Wildman–Crippen MR) is 104 cm³/mol. The first kappa shape index (κ1) is 18.8. The van der Waals surface area contributed by atoms with E-state index >= 15 is 0 Å². The maximum atomic E-state index is 14.0. The topological polar surface area (TPSA) is 17.1 Å². The molecule has 1 aliphatic heterocycles. The van der Waals surface area contributed by atoms with E-state index in [-0.39, 0.29) is 0 Å². The molecule has 0 saturated carbocycles. The quantitative estimate of drug-likeness (QED) is 0.576. The van der Waals surface area contributed by atoms with Crippen LogP contribution in [0.2, 0.25) is 0 Å². The SMILES string of the molecule is CC(C)c1cc(C(C)C)c(P2(=O)CCC[C@H](C)C2)c(C(C)C)c1. The van der Waals surface area contributed by atoms with Crippen LogP contribution >= 0.6 is 7.14 Å². The fourth-order valence-electron chi connectivity index (χ4n) is 3.97. The van der Waals surface area contributed by atoms with Crippen molar-refractivity contribution < 1.29 is 4.57 Å². The molecule has 0 aliphatic carbocycles. The van der Waals surface area contributed by atoms with Crippen molar-refractivity contribution in [1.82, 2.24) is 0 Å². The summed E-state index contributed by atoms with van der Waals surface area (Å²) in [7, 11) is -2.26. The Balaban J connectivity index is 2.71. The predicted octanol–water partition coefficient (Wildman–Crippen LogP) is 6.48. The largest absolute Gasteiger partial charge is 0.319 e. The third-order valence-corrected chi connectivity index (χ3v) is 8.92. The number of hydrogen-bond donors (Lipinski definition) is 0. The van der Waals surface area contributed by atoms with Crippen molar-refractivity contribution in [3.05, 3.63) is 28.8 Å². The molecule has 1 unspecified atom stereocenters.